The van der Waals surface area contributed by atoms with E-state index in [-0.39, 0.29) is 5.91 Å². The van der Waals surface area contributed by atoms with Crippen LogP contribution in [-0.2, 0) is 4.74 Å². The minimum atomic E-state index is 0.0156. The lowest BCUT2D eigenvalue weighted by molar-refractivity contribution is 0.0713. The molecule has 5 heteroatoms. The summed E-state index contributed by atoms with van der Waals surface area (Å²) in [5.74, 6) is 0.0156. The number of halogens is 2. The molecule has 0 heterocycles. The van der Waals surface area contributed by atoms with Crippen LogP contribution in [0.25, 0.3) is 0 Å². The van der Waals surface area contributed by atoms with E-state index in [1.165, 1.54) is 0 Å². The Bertz CT molecular complexity index is 390. The van der Waals surface area contributed by atoms with Gasteiger partial charge in [-0.1, -0.05) is 31.9 Å². The first-order chi connectivity index (χ1) is 8.54. The van der Waals surface area contributed by atoms with Crippen LogP contribution in [0.1, 0.15) is 15.9 Å². The molecule has 0 aliphatic heterocycles. The lowest BCUT2D eigenvalue weighted by Gasteiger charge is -2.17. The fourth-order valence-corrected chi connectivity index (χ4v) is 2.38. The summed E-state index contributed by atoms with van der Waals surface area (Å²) in [5.41, 5.74) is 1.77. The summed E-state index contributed by atoms with van der Waals surface area (Å²) in [4.78, 5) is 13.8. The molecule has 100 valence electrons. The maximum atomic E-state index is 12.2. The Morgan fingerprint density at radius 1 is 1.33 bits per heavy atom. The topological polar surface area (TPSA) is 29.5 Å². The van der Waals surface area contributed by atoms with Crippen LogP contribution in [0.4, 0.5) is 0 Å². The SMILES string of the molecule is Cc1cc(Br)cc(C(=O)N(C)CCOCCBr)c1. The van der Waals surface area contributed by atoms with Gasteiger partial charge < -0.3 is 9.64 Å². The van der Waals surface area contributed by atoms with Gasteiger partial charge in [-0.05, 0) is 30.7 Å². The summed E-state index contributed by atoms with van der Waals surface area (Å²) in [6.07, 6.45) is 0. The van der Waals surface area contributed by atoms with Crippen LogP contribution in [0, 0.1) is 6.92 Å². The Morgan fingerprint density at radius 2 is 2.06 bits per heavy atom. The number of rotatable bonds is 6. The standard InChI is InChI=1S/C13H17Br2NO2/c1-10-7-11(9-12(15)8-10)13(17)16(2)4-6-18-5-3-14/h7-9H,3-6H2,1-2H3. The van der Waals surface area contributed by atoms with Crippen LogP contribution in [0.2, 0.25) is 0 Å². The van der Waals surface area contributed by atoms with E-state index in [9.17, 15) is 4.79 Å². The second-order valence-electron chi connectivity index (χ2n) is 4.05. The number of benzene rings is 1. The van der Waals surface area contributed by atoms with Crippen molar-refractivity contribution in [1.29, 1.82) is 0 Å². The smallest absolute Gasteiger partial charge is 0.253 e. The van der Waals surface area contributed by atoms with E-state index in [1.54, 1.807) is 11.9 Å². The fraction of sp³-hybridized carbons (Fsp3) is 0.462. The number of hydrogen-bond donors (Lipinski definition) is 0. The third kappa shape index (κ3) is 5.08. The number of carbonyl (C=O) groups excluding carboxylic acids is 1. The summed E-state index contributed by atoms with van der Waals surface area (Å²) in [5, 5.41) is 0.815. The van der Waals surface area contributed by atoms with E-state index in [2.05, 4.69) is 31.9 Å². The first kappa shape index (κ1) is 15.7. The second kappa shape index (κ2) is 7.92. The molecule has 0 saturated heterocycles. The molecule has 1 aromatic rings. The third-order valence-corrected chi connectivity index (χ3v) is 3.21. The largest absolute Gasteiger partial charge is 0.379 e. The van der Waals surface area contributed by atoms with Crippen molar-refractivity contribution in [2.45, 2.75) is 6.92 Å². The number of carbonyl (C=O) groups is 1. The van der Waals surface area contributed by atoms with E-state index in [0.717, 1.165) is 15.4 Å². The third-order valence-electron chi connectivity index (χ3n) is 2.43. The Morgan fingerprint density at radius 3 is 2.67 bits per heavy atom. The van der Waals surface area contributed by atoms with Crippen molar-refractivity contribution in [3.8, 4) is 0 Å². The summed E-state index contributed by atoms with van der Waals surface area (Å²) in [6.45, 7) is 3.79. The molecule has 0 aliphatic carbocycles. The average Bonchev–Trinajstić information content (AvgIpc) is 2.32. The van der Waals surface area contributed by atoms with Gasteiger partial charge in [-0.15, -0.1) is 0 Å². The molecular weight excluding hydrogens is 362 g/mol. The van der Waals surface area contributed by atoms with Crippen LogP contribution < -0.4 is 0 Å². The number of ether oxygens (including phenoxy) is 1. The number of amides is 1. The van der Waals surface area contributed by atoms with E-state index in [4.69, 9.17) is 4.74 Å². The molecule has 0 saturated carbocycles. The van der Waals surface area contributed by atoms with Gasteiger partial charge in [0.2, 0.25) is 0 Å². The Balaban J connectivity index is 2.57. The highest BCUT2D eigenvalue weighted by Gasteiger charge is 2.12. The Labute approximate surface area is 125 Å². The average molecular weight is 379 g/mol. The van der Waals surface area contributed by atoms with Crippen molar-refractivity contribution < 1.29 is 9.53 Å². The van der Waals surface area contributed by atoms with E-state index < -0.39 is 0 Å². The second-order valence-corrected chi connectivity index (χ2v) is 5.75. The van der Waals surface area contributed by atoms with Crippen LogP contribution >= 0.6 is 31.9 Å². The molecular formula is C13H17Br2NO2. The molecule has 0 radical (unpaired) electrons. The van der Waals surface area contributed by atoms with E-state index >= 15 is 0 Å². The van der Waals surface area contributed by atoms with Crippen molar-refractivity contribution in [1.82, 2.24) is 4.90 Å². The molecule has 0 spiro atoms. The van der Waals surface area contributed by atoms with Crippen LogP contribution in [0.3, 0.4) is 0 Å². The van der Waals surface area contributed by atoms with Crippen molar-refractivity contribution in [2.24, 2.45) is 0 Å². The van der Waals surface area contributed by atoms with Crippen molar-refractivity contribution >= 4 is 37.8 Å². The van der Waals surface area contributed by atoms with Gasteiger partial charge in [0.05, 0.1) is 13.2 Å². The number of hydrogen-bond acceptors (Lipinski definition) is 2. The summed E-state index contributed by atoms with van der Waals surface area (Å²) >= 11 is 6.69. The fourth-order valence-electron chi connectivity index (χ4n) is 1.54. The molecule has 0 atom stereocenters. The van der Waals surface area contributed by atoms with Crippen LogP contribution in [-0.4, -0.2) is 42.9 Å². The van der Waals surface area contributed by atoms with E-state index in [0.29, 0.717) is 25.3 Å². The summed E-state index contributed by atoms with van der Waals surface area (Å²) in [7, 11) is 1.79. The molecule has 18 heavy (non-hydrogen) atoms. The van der Waals surface area contributed by atoms with Gasteiger partial charge in [-0.3, -0.25) is 4.79 Å². The highest BCUT2D eigenvalue weighted by Crippen LogP contribution is 2.16. The predicted octanol–water partition coefficient (Wildman–Crippen LogP) is 3.24. The summed E-state index contributed by atoms with van der Waals surface area (Å²) < 4.78 is 6.26. The quantitative estimate of drug-likeness (QED) is 0.561. The molecule has 0 unspecified atom stereocenters. The van der Waals surface area contributed by atoms with Crippen molar-refractivity contribution in [3.63, 3.8) is 0 Å². The molecule has 0 aliphatic rings. The van der Waals surface area contributed by atoms with Crippen LogP contribution in [0.15, 0.2) is 22.7 Å². The zero-order chi connectivity index (χ0) is 13.5. The summed E-state index contributed by atoms with van der Waals surface area (Å²) in [6, 6.07) is 5.71. The van der Waals surface area contributed by atoms with Gasteiger partial charge in [0.25, 0.3) is 5.91 Å². The number of nitrogens with zero attached hydrogens (tertiary/aromatic N) is 1. The molecule has 1 aromatic carbocycles. The minimum absolute atomic E-state index is 0.0156. The Kier molecular flexibility index (Phi) is 6.89. The van der Waals surface area contributed by atoms with Crippen molar-refractivity contribution in [3.05, 3.63) is 33.8 Å². The van der Waals surface area contributed by atoms with Gasteiger partial charge in [-0.2, -0.15) is 0 Å². The molecule has 0 N–H and O–H groups in total. The zero-order valence-electron chi connectivity index (χ0n) is 10.6. The zero-order valence-corrected chi connectivity index (χ0v) is 13.8. The maximum Gasteiger partial charge on any atom is 0.253 e. The number of aryl methyl sites for hydroxylation is 1. The highest BCUT2D eigenvalue weighted by atomic mass is 79.9. The molecule has 1 rings (SSSR count). The van der Waals surface area contributed by atoms with E-state index in [1.807, 2.05) is 25.1 Å². The van der Waals surface area contributed by atoms with Gasteiger partial charge in [0.15, 0.2) is 0 Å². The minimum Gasteiger partial charge on any atom is -0.379 e. The van der Waals surface area contributed by atoms with Gasteiger partial charge >= 0.3 is 0 Å². The molecule has 0 aromatic heterocycles. The number of alkyl halides is 1. The first-order valence-electron chi connectivity index (χ1n) is 5.71. The molecule has 3 nitrogen and oxygen atoms in total. The number of likely N-dealkylation sites (N-methyl/N-ethyl adjacent to an activating group) is 1. The molecule has 0 bridgehead atoms. The Hall–Kier alpha value is -0.390. The molecule has 1 amide bonds. The molecule has 0 fully saturated rings. The lowest BCUT2D eigenvalue weighted by atomic mass is 10.1. The normalized spacial score (nSPS) is 10.4. The predicted molar refractivity (Wildman–Crippen MR) is 80.5 cm³/mol. The first-order valence-corrected chi connectivity index (χ1v) is 7.62. The monoisotopic (exact) mass is 377 g/mol. The van der Waals surface area contributed by atoms with Crippen LogP contribution in [0.5, 0.6) is 0 Å². The van der Waals surface area contributed by atoms with Gasteiger partial charge in [0, 0.05) is 29.0 Å². The highest BCUT2D eigenvalue weighted by molar-refractivity contribution is 9.10. The lowest BCUT2D eigenvalue weighted by Crippen LogP contribution is -2.30. The van der Waals surface area contributed by atoms with Gasteiger partial charge in [0.1, 0.15) is 0 Å². The van der Waals surface area contributed by atoms with Crippen molar-refractivity contribution in [2.75, 3.05) is 32.1 Å². The maximum absolute atomic E-state index is 12.2. The van der Waals surface area contributed by atoms with Gasteiger partial charge in [-0.25, -0.2) is 0 Å².